The van der Waals surface area contributed by atoms with Crippen LogP contribution < -0.4 is 4.74 Å². The van der Waals surface area contributed by atoms with Gasteiger partial charge in [-0.3, -0.25) is 0 Å². The predicted molar refractivity (Wildman–Crippen MR) is 71.2 cm³/mol. The molecule has 2 nitrogen and oxygen atoms in total. The van der Waals surface area contributed by atoms with Crippen molar-refractivity contribution in [1.82, 2.24) is 4.98 Å². The minimum Gasteiger partial charge on any atom is -0.438 e. The van der Waals surface area contributed by atoms with Crippen LogP contribution in [-0.4, -0.2) is 4.98 Å². The number of hydrogen-bond acceptors (Lipinski definition) is 2. The summed E-state index contributed by atoms with van der Waals surface area (Å²) < 4.78 is 7.26. The smallest absolute Gasteiger partial charge is 0.233 e. The molecule has 1 aromatic heterocycles. The predicted octanol–water partition coefficient (Wildman–Crippen LogP) is 5.05. The Morgan fingerprint density at radius 3 is 2.44 bits per heavy atom. The van der Waals surface area contributed by atoms with E-state index in [1.165, 1.54) is 0 Å². The number of halogens is 3. The topological polar surface area (TPSA) is 22.1 Å². The molecule has 2 aromatic rings. The van der Waals surface area contributed by atoms with E-state index in [0.717, 1.165) is 8.95 Å². The van der Waals surface area contributed by atoms with Crippen molar-refractivity contribution in [2.24, 2.45) is 0 Å². The van der Waals surface area contributed by atoms with Crippen LogP contribution in [0.1, 0.15) is 0 Å². The van der Waals surface area contributed by atoms with E-state index in [4.69, 9.17) is 16.3 Å². The van der Waals surface area contributed by atoms with E-state index in [1.807, 2.05) is 6.07 Å². The normalized spacial score (nSPS) is 10.2. The average molecular weight is 363 g/mol. The van der Waals surface area contributed by atoms with Crippen molar-refractivity contribution in [1.29, 1.82) is 0 Å². The molecule has 0 aliphatic rings. The van der Waals surface area contributed by atoms with Crippen molar-refractivity contribution in [3.63, 3.8) is 0 Å². The standard InChI is InChI=1S/C11H6Br2ClNO/c12-7-5-10(13)11(15-6-7)16-9-3-1-8(14)2-4-9/h1-6H. The van der Waals surface area contributed by atoms with Crippen LogP contribution in [0.5, 0.6) is 11.6 Å². The molecule has 0 spiro atoms. The summed E-state index contributed by atoms with van der Waals surface area (Å²) >= 11 is 12.5. The lowest BCUT2D eigenvalue weighted by Gasteiger charge is -2.06. The van der Waals surface area contributed by atoms with Crippen LogP contribution in [0.4, 0.5) is 0 Å². The maximum absolute atomic E-state index is 5.78. The summed E-state index contributed by atoms with van der Waals surface area (Å²) in [5.41, 5.74) is 0. The van der Waals surface area contributed by atoms with Gasteiger partial charge in [-0.25, -0.2) is 4.98 Å². The van der Waals surface area contributed by atoms with E-state index in [-0.39, 0.29) is 0 Å². The monoisotopic (exact) mass is 361 g/mol. The van der Waals surface area contributed by atoms with Crippen LogP contribution in [0.25, 0.3) is 0 Å². The fourth-order valence-electron chi connectivity index (χ4n) is 1.09. The summed E-state index contributed by atoms with van der Waals surface area (Å²) in [5.74, 6) is 1.21. The van der Waals surface area contributed by atoms with Crippen LogP contribution in [0, 0.1) is 0 Å². The Morgan fingerprint density at radius 1 is 1.12 bits per heavy atom. The average Bonchev–Trinajstić information content (AvgIpc) is 2.25. The molecule has 0 fully saturated rings. The molecular formula is C11H6Br2ClNO. The Hall–Kier alpha value is -0.580. The molecule has 82 valence electrons. The Bertz CT molecular complexity index is 502. The highest BCUT2D eigenvalue weighted by Crippen LogP contribution is 2.29. The molecule has 0 saturated carbocycles. The molecule has 0 N–H and O–H groups in total. The van der Waals surface area contributed by atoms with Crippen molar-refractivity contribution in [3.8, 4) is 11.6 Å². The first-order valence-corrected chi connectivity index (χ1v) is 6.36. The van der Waals surface area contributed by atoms with Crippen LogP contribution in [0.15, 0.2) is 45.5 Å². The van der Waals surface area contributed by atoms with Crippen LogP contribution in [0.2, 0.25) is 5.02 Å². The minimum absolute atomic E-state index is 0.519. The van der Waals surface area contributed by atoms with Gasteiger partial charge in [-0.1, -0.05) is 11.6 Å². The Balaban J connectivity index is 2.23. The van der Waals surface area contributed by atoms with Crippen molar-refractivity contribution < 1.29 is 4.74 Å². The van der Waals surface area contributed by atoms with Gasteiger partial charge in [0.2, 0.25) is 5.88 Å². The fourth-order valence-corrected chi connectivity index (χ4v) is 2.29. The Kier molecular flexibility index (Phi) is 3.84. The lowest BCUT2D eigenvalue weighted by Crippen LogP contribution is -1.88. The summed E-state index contributed by atoms with van der Waals surface area (Å²) in [5, 5.41) is 0.676. The highest BCUT2D eigenvalue weighted by Gasteiger charge is 2.04. The molecular weight excluding hydrogens is 357 g/mol. The van der Waals surface area contributed by atoms with Crippen molar-refractivity contribution in [3.05, 3.63) is 50.5 Å². The molecule has 0 atom stereocenters. The van der Waals surface area contributed by atoms with Crippen molar-refractivity contribution in [2.45, 2.75) is 0 Å². The lowest BCUT2D eigenvalue weighted by atomic mass is 10.3. The SMILES string of the molecule is Clc1ccc(Oc2ncc(Br)cc2Br)cc1. The van der Waals surface area contributed by atoms with Crippen LogP contribution in [-0.2, 0) is 0 Å². The number of nitrogens with zero attached hydrogens (tertiary/aromatic N) is 1. The highest BCUT2D eigenvalue weighted by atomic mass is 79.9. The second-order valence-corrected chi connectivity index (χ2v) is 5.20. The molecule has 1 heterocycles. The zero-order chi connectivity index (χ0) is 11.5. The summed E-state index contributed by atoms with van der Waals surface area (Å²) in [6.45, 7) is 0. The fraction of sp³-hybridized carbons (Fsp3) is 0. The number of rotatable bonds is 2. The van der Waals surface area contributed by atoms with Gasteiger partial charge < -0.3 is 4.74 Å². The molecule has 0 amide bonds. The minimum atomic E-state index is 0.519. The quantitative estimate of drug-likeness (QED) is 0.745. The third-order valence-electron chi connectivity index (χ3n) is 1.80. The third-order valence-corrected chi connectivity index (χ3v) is 3.06. The summed E-state index contributed by atoms with van der Waals surface area (Å²) in [6, 6.07) is 8.99. The number of hydrogen-bond donors (Lipinski definition) is 0. The van der Waals surface area contributed by atoms with Crippen LogP contribution >= 0.6 is 43.5 Å². The summed E-state index contributed by atoms with van der Waals surface area (Å²) in [4.78, 5) is 4.15. The summed E-state index contributed by atoms with van der Waals surface area (Å²) in [6.07, 6.45) is 1.68. The van der Waals surface area contributed by atoms with E-state index in [1.54, 1.807) is 30.5 Å². The second kappa shape index (κ2) is 5.17. The largest absolute Gasteiger partial charge is 0.438 e. The maximum Gasteiger partial charge on any atom is 0.233 e. The van der Waals surface area contributed by atoms with Crippen molar-refractivity contribution >= 4 is 43.5 Å². The molecule has 0 unspecified atom stereocenters. The zero-order valence-corrected chi connectivity index (χ0v) is 11.9. The van der Waals surface area contributed by atoms with Gasteiger partial charge in [0.15, 0.2) is 0 Å². The van der Waals surface area contributed by atoms with Gasteiger partial charge in [0.25, 0.3) is 0 Å². The van der Waals surface area contributed by atoms with Gasteiger partial charge in [-0.15, -0.1) is 0 Å². The first kappa shape index (κ1) is 11.9. The first-order chi connectivity index (χ1) is 7.65. The molecule has 16 heavy (non-hydrogen) atoms. The number of benzene rings is 1. The van der Waals surface area contributed by atoms with Gasteiger partial charge in [0.05, 0.1) is 4.47 Å². The molecule has 0 aliphatic heterocycles. The summed E-state index contributed by atoms with van der Waals surface area (Å²) in [7, 11) is 0. The zero-order valence-electron chi connectivity index (χ0n) is 7.95. The molecule has 0 saturated heterocycles. The number of aromatic nitrogens is 1. The highest BCUT2D eigenvalue weighted by molar-refractivity contribution is 9.11. The maximum atomic E-state index is 5.78. The molecule has 5 heteroatoms. The second-order valence-electron chi connectivity index (χ2n) is 3.00. The third kappa shape index (κ3) is 2.97. The van der Waals surface area contributed by atoms with Gasteiger partial charge in [0.1, 0.15) is 5.75 Å². The van der Waals surface area contributed by atoms with E-state index in [2.05, 4.69) is 36.8 Å². The molecule has 0 aliphatic carbocycles. The Labute approximate surface area is 115 Å². The molecule has 0 bridgehead atoms. The molecule has 1 aromatic carbocycles. The van der Waals surface area contributed by atoms with Gasteiger partial charge in [-0.05, 0) is 62.2 Å². The first-order valence-electron chi connectivity index (χ1n) is 4.39. The Morgan fingerprint density at radius 2 is 1.81 bits per heavy atom. The molecule has 0 radical (unpaired) electrons. The number of ether oxygens (including phenoxy) is 1. The van der Waals surface area contributed by atoms with E-state index in [9.17, 15) is 0 Å². The van der Waals surface area contributed by atoms with E-state index < -0.39 is 0 Å². The number of pyridine rings is 1. The van der Waals surface area contributed by atoms with Gasteiger partial charge in [-0.2, -0.15) is 0 Å². The van der Waals surface area contributed by atoms with E-state index in [0.29, 0.717) is 16.7 Å². The van der Waals surface area contributed by atoms with E-state index >= 15 is 0 Å². The van der Waals surface area contributed by atoms with Crippen molar-refractivity contribution in [2.75, 3.05) is 0 Å². The van der Waals surface area contributed by atoms with Crippen LogP contribution in [0.3, 0.4) is 0 Å². The molecule has 2 rings (SSSR count). The van der Waals surface area contributed by atoms with Gasteiger partial charge >= 0.3 is 0 Å². The van der Waals surface area contributed by atoms with Gasteiger partial charge in [0, 0.05) is 15.7 Å². The lowest BCUT2D eigenvalue weighted by molar-refractivity contribution is 0.459.